The van der Waals surface area contributed by atoms with Gasteiger partial charge < -0.3 is 19.4 Å². The van der Waals surface area contributed by atoms with Gasteiger partial charge in [-0.25, -0.2) is 4.79 Å². The van der Waals surface area contributed by atoms with Gasteiger partial charge in [-0.1, -0.05) is 29.4 Å². The first kappa shape index (κ1) is 22.5. The molecule has 2 N–H and O–H groups in total. The molecule has 32 heavy (non-hydrogen) atoms. The smallest absolute Gasteiger partial charge is 0.475 e. The molecule has 11 heteroatoms. The maximum Gasteiger partial charge on any atom is 0.490 e. The number of para-hydroxylation sites is 1. The summed E-state index contributed by atoms with van der Waals surface area (Å²) in [7, 11) is 0. The van der Waals surface area contributed by atoms with Crippen LogP contribution in [0.2, 0.25) is 0 Å². The van der Waals surface area contributed by atoms with Crippen LogP contribution in [0.25, 0.3) is 22.5 Å². The molecule has 0 fully saturated rings. The average molecular weight is 447 g/mol. The number of nitrogens with zero attached hydrogens (tertiary/aromatic N) is 2. The predicted octanol–water partition coefficient (Wildman–Crippen LogP) is 4.09. The van der Waals surface area contributed by atoms with Crippen LogP contribution in [0, 0.1) is 0 Å². The Morgan fingerprint density at radius 1 is 1.03 bits per heavy atom. The summed E-state index contributed by atoms with van der Waals surface area (Å²) in [6.45, 7) is 0.475. The maximum absolute atomic E-state index is 12.2. The van der Waals surface area contributed by atoms with Crippen molar-refractivity contribution in [3.05, 3.63) is 72.2 Å². The highest BCUT2D eigenvalue weighted by Gasteiger charge is 2.38. The summed E-state index contributed by atoms with van der Waals surface area (Å²) in [6.07, 6.45) is -2.70. The van der Waals surface area contributed by atoms with E-state index in [9.17, 15) is 18.0 Å². The number of carbonyl (C=O) groups is 2. The van der Waals surface area contributed by atoms with E-state index in [0.717, 1.165) is 16.7 Å². The lowest BCUT2D eigenvalue weighted by Crippen LogP contribution is -2.26. The van der Waals surface area contributed by atoms with Crippen LogP contribution in [0.15, 0.2) is 69.7 Å². The number of furan rings is 1. The zero-order chi connectivity index (χ0) is 23.1. The second kappa shape index (κ2) is 9.77. The highest BCUT2D eigenvalue weighted by Crippen LogP contribution is 2.28. The molecule has 0 atom stereocenters. The summed E-state index contributed by atoms with van der Waals surface area (Å²) in [5.74, 6) is -2.08. The van der Waals surface area contributed by atoms with Crippen LogP contribution in [-0.4, -0.2) is 39.8 Å². The molecule has 1 amide bonds. The molecule has 8 nitrogen and oxygen atoms in total. The van der Waals surface area contributed by atoms with Gasteiger partial charge in [-0.05, 0) is 24.3 Å². The van der Waals surface area contributed by atoms with Gasteiger partial charge in [0.15, 0.2) is 11.5 Å². The Morgan fingerprint density at radius 2 is 1.75 bits per heavy atom. The van der Waals surface area contributed by atoms with E-state index >= 15 is 0 Å². The van der Waals surface area contributed by atoms with Crippen molar-refractivity contribution in [2.75, 3.05) is 6.54 Å². The van der Waals surface area contributed by atoms with Crippen LogP contribution in [0.5, 0.6) is 0 Å². The number of aromatic nitrogens is 2. The normalized spacial score (nSPS) is 11.0. The lowest BCUT2D eigenvalue weighted by atomic mass is 10.2. The summed E-state index contributed by atoms with van der Waals surface area (Å²) in [5.41, 5.74) is 1.90. The molecular weight excluding hydrogens is 431 g/mol. The van der Waals surface area contributed by atoms with Crippen LogP contribution in [-0.2, 0) is 11.2 Å². The zero-order valence-corrected chi connectivity index (χ0v) is 16.3. The largest absolute Gasteiger partial charge is 0.490 e. The summed E-state index contributed by atoms with van der Waals surface area (Å²) < 4.78 is 42.7. The molecule has 3 heterocycles. The van der Waals surface area contributed by atoms with E-state index in [4.69, 9.17) is 18.8 Å². The minimum absolute atomic E-state index is 0.219. The second-order valence-electron chi connectivity index (χ2n) is 6.35. The number of fused-ring (bicyclic) bond motifs is 1. The molecule has 4 aromatic rings. The Kier molecular flexibility index (Phi) is 6.88. The number of nitrogens with one attached hydrogen (secondary N) is 1. The molecule has 0 aliphatic carbocycles. The van der Waals surface area contributed by atoms with Crippen molar-refractivity contribution >= 4 is 22.8 Å². The number of amides is 1. The van der Waals surface area contributed by atoms with Gasteiger partial charge >= 0.3 is 12.1 Å². The summed E-state index contributed by atoms with van der Waals surface area (Å²) >= 11 is 0. The lowest BCUT2D eigenvalue weighted by molar-refractivity contribution is -0.192. The lowest BCUT2D eigenvalue weighted by Gasteiger charge is -2.01. The van der Waals surface area contributed by atoms with Crippen LogP contribution < -0.4 is 5.32 Å². The van der Waals surface area contributed by atoms with Crippen molar-refractivity contribution < 1.29 is 36.8 Å². The molecule has 0 radical (unpaired) electrons. The fourth-order valence-electron chi connectivity index (χ4n) is 2.54. The quantitative estimate of drug-likeness (QED) is 0.473. The van der Waals surface area contributed by atoms with Crippen molar-refractivity contribution in [2.45, 2.75) is 12.6 Å². The number of hydrogen-bond acceptors (Lipinski definition) is 6. The van der Waals surface area contributed by atoms with Gasteiger partial charge in [0.25, 0.3) is 5.91 Å². The number of halogens is 3. The Labute approximate surface area is 178 Å². The molecule has 0 bridgehead atoms. The first-order valence-corrected chi connectivity index (χ1v) is 9.18. The van der Waals surface area contributed by atoms with Crippen molar-refractivity contribution in [3.63, 3.8) is 0 Å². The minimum Gasteiger partial charge on any atom is -0.475 e. The number of carbonyl (C=O) groups excluding carboxylic acids is 1. The van der Waals surface area contributed by atoms with Crippen LogP contribution in [0.3, 0.4) is 0 Å². The molecule has 166 valence electrons. The molecule has 0 unspecified atom stereocenters. The number of rotatable bonds is 5. The Bertz CT molecular complexity index is 1170. The number of benzene rings is 1. The minimum atomic E-state index is -5.08. The number of carboxylic acid groups (broad SMARTS) is 1. The molecule has 0 spiro atoms. The topological polar surface area (TPSA) is 118 Å². The van der Waals surface area contributed by atoms with E-state index in [1.165, 1.54) is 0 Å². The van der Waals surface area contributed by atoms with Gasteiger partial charge in [0, 0.05) is 36.3 Å². The van der Waals surface area contributed by atoms with Gasteiger partial charge in [-0.15, -0.1) is 0 Å². The summed E-state index contributed by atoms with van der Waals surface area (Å²) in [5, 5.41) is 14.7. The number of carboxylic acids is 1. The Morgan fingerprint density at radius 3 is 2.41 bits per heavy atom. The van der Waals surface area contributed by atoms with Crippen LogP contribution >= 0.6 is 0 Å². The molecule has 0 saturated carbocycles. The average Bonchev–Trinajstić information content (AvgIpc) is 3.41. The molecule has 0 saturated heterocycles. The van der Waals surface area contributed by atoms with Gasteiger partial charge in [-0.2, -0.15) is 13.2 Å². The van der Waals surface area contributed by atoms with Gasteiger partial charge in [0.05, 0.1) is 0 Å². The fraction of sp³-hybridized carbons (Fsp3) is 0.143. The third kappa shape index (κ3) is 5.94. The van der Waals surface area contributed by atoms with Gasteiger partial charge in [-0.3, -0.25) is 9.78 Å². The molecule has 1 aromatic carbocycles. The monoisotopic (exact) mass is 447 g/mol. The van der Waals surface area contributed by atoms with Crippen LogP contribution in [0.1, 0.15) is 16.2 Å². The molecule has 4 rings (SSSR count). The number of alkyl halides is 3. The Hall–Kier alpha value is -4.15. The van der Waals surface area contributed by atoms with Gasteiger partial charge in [0.1, 0.15) is 5.58 Å². The molecule has 3 aromatic heterocycles. The van der Waals surface area contributed by atoms with E-state index in [1.807, 2.05) is 48.5 Å². The van der Waals surface area contributed by atoms with E-state index in [1.54, 1.807) is 12.3 Å². The third-order valence-electron chi connectivity index (χ3n) is 4.05. The highest BCUT2D eigenvalue weighted by molar-refractivity contribution is 5.93. The maximum atomic E-state index is 12.2. The van der Waals surface area contributed by atoms with Crippen molar-refractivity contribution in [2.24, 2.45) is 0 Å². The van der Waals surface area contributed by atoms with Gasteiger partial charge in [0.2, 0.25) is 5.76 Å². The molecular formula is C21H16F3N3O5. The van der Waals surface area contributed by atoms with Crippen molar-refractivity contribution in [1.82, 2.24) is 15.5 Å². The first-order valence-electron chi connectivity index (χ1n) is 9.18. The second-order valence-corrected chi connectivity index (χ2v) is 6.35. The van der Waals surface area contributed by atoms with Crippen molar-refractivity contribution in [1.29, 1.82) is 0 Å². The van der Waals surface area contributed by atoms with E-state index < -0.39 is 12.1 Å². The molecule has 0 aliphatic rings. The predicted molar refractivity (Wildman–Crippen MR) is 106 cm³/mol. The number of aliphatic carboxylic acids is 1. The summed E-state index contributed by atoms with van der Waals surface area (Å²) in [6, 6.07) is 16.8. The molecule has 0 aliphatic heterocycles. The standard InChI is InChI=1S/C19H15N3O3.C2HF3O2/c23-19(21-10-8-14-6-3-4-9-20-14)15-12-18(25-22-15)17-11-13-5-1-2-7-16(13)24-17;3-2(4,5)1(6)7/h1-7,9,11-12H,8,10H2,(H,21,23);(H,6,7). The van der Waals surface area contributed by atoms with Crippen LogP contribution in [0.4, 0.5) is 13.2 Å². The van der Waals surface area contributed by atoms with E-state index in [-0.39, 0.29) is 11.6 Å². The third-order valence-corrected chi connectivity index (χ3v) is 4.05. The fourth-order valence-corrected chi connectivity index (χ4v) is 2.54. The SMILES string of the molecule is O=C(NCCc1ccccn1)c1cc(-c2cc3ccccc3o2)on1.O=C(O)C(F)(F)F. The first-order chi connectivity index (χ1) is 15.2. The Balaban J connectivity index is 0.000000360. The number of hydrogen-bond donors (Lipinski definition) is 2. The number of pyridine rings is 1. The van der Waals surface area contributed by atoms with Crippen molar-refractivity contribution in [3.8, 4) is 11.5 Å². The van der Waals surface area contributed by atoms with E-state index in [0.29, 0.717) is 24.5 Å². The van der Waals surface area contributed by atoms with E-state index in [2.05, 4.69) is 15.5 Å². The highest BCUT2D eigenvalue weighted by atomic mass is 19.4. The summed E-state index contributed by atoms with van der Waals surface area (Å²) in [4.78, 5) is 25.3. The zero-order valence-electron chi connectivity index (χ0n) is 16.3.